The third-order valence-corrected chi connectivity index (χ3v) is 4.18. The smallest absolute Gasteiger partial charge is 0.123 e. The molecule has 2 aromatic rings. The Bertz CT molecular complexity index is 639. The summed E-state index contributed by atoms with van der Waals surface area (Å²) in [6.07, 6.45) is 0.947. The highest BCUT2D eigenvalue weighted by Gasteiger charge is 2.24. The first-order chi connectivity index (χ1) is 10.1. The van der Waals surface area contributed by atoms with E-state index in [4.69, 9.17) is 4.74 Å². The quantitative estimate of drug-likeness (QED) is 0.919. The fraction of sp³-hybridized carbons (Fsp3) is 0.333. The molecule has 2 unspecified atom stereocenters. The number of rotatable bonds is 3. The molecule has 1 aliphatic heterocycles. The molecule has 0 amide bonds. The standard InChI is InChI=1S/C18H19FO2/c1-12-10-14(19)6-7-15(12)17(20)11-13-8-9-21-18-5-3-2-4-16(13)18/h2-7,10,13,17,20H,8-9,11H2,1H3. The van der Waals surface area contributed by atoms with E-state index in [1.54, 1.807) is 6.07 Å². The number of hydrogen-bond donors (Lipinski definition) is 1. The van der Waals surface area contributed by atoms with E-state index in [1.807, 2.05) is 25.1 Å². The lowest BCUT2D eigenvalue weighted by Gasteiger charge is -2.28. The van der Waals surface area contributed by atoms with Gasteiger partial charge in [0.05, 0.1) is 12.7 Å². The Morgan fingerprint density at radius 2 is 2.10 bits per heavy atom. The summed E-state index contributed by atoms with van der Waals surface area (Å²) >= 11 is 0. The van der Waals surface area contributed by atoms with Crippen molar-refractivity contribution in [2.75, 3.05) is 6.61 Å². The van der Waals surface area contributed by atoms with Gasteiger partial charge in [0.2, 0.25) is 0 Å². The molecule has 0 fully saturated rings. The Hall–Kier alpha value is -1.87. The average molecular weight is 286 g/mol. The van der Waals surface area contributed by atoms with Crippen LogP contribution in [-0.4, -0.2) is 11.7 Å². The molecule has 0 saturated carbocycles. The summed E-state index contributed by atoms with van der Waals surface area (Å²) in [7, 11) is 0. The van der Waals surface area contributed by atoms with E-state index in [2.05, 4.69) is 6.07 Å². The van der Waals surface area contributed by atoms with Crippen molar-refractivity contribution in [1.82, 2.24) is 0 Å². The zero-order valence-electron chi connectivity index (χ0n) is 12.1. The van der Waals surface area contributed by atoms with Gasteiger partial charge in [-0.05, 0) is 60.6 Å². The zero-order valence-corrected chi connectivity index (χ0v) is 12.1. The van der Waals surface area contributed by atoms with Gasteiger partial charge < -0.3 is 9.84 Å². The Balaban J connectivity index is 1.81. The minimum atomic E-state index is -0.582. The van der Waals surface area contributed by atoms with E-state index in [-0.39, 0.29) is 11.7 Å². The third kappa shape index (κ3) is 2.93. The molecule has 2 aromatic carbocycles. The van der Waals surface area contributed by atoms with Gasteiger partial charge in [0.25, 0.3) is 0 Å². The van der Waals surface area contributed by atoms with Crippen molar-refractivity contribution >= 4 is 0 Å². The van der Waals surface area contributed by atoms with E-state index >= 15 is 0 Å². The van der Waals surface area contributed by atoms with Crippen LogP contribution in [0.15, 0.2) is 42.5 Å². The molecule has 1 aliphatic rings. The SMILES string of the molecule is Cc1cc(F)ccc1C(O)CC1CCOc2ccccc21. The Morgan fingerprint density at radius 3 is 2.90 bits per heavy atom. The highest BCUT2D eigenvalue weighted by atomic mass is 19.1. The number of aliphatic hydroxyl groups excluding tert-OH is 1. The molecule has 2 nitrogen and oxygen atoms in total. The van der Waals surface area contributed by atoms with Crippen LogP contribution in [0.2, 0.25) is 0 Å². The maximum Gasteiger partial charge on any atom is 0.123 e. The normalized spacial score (nSPS) is 18.7. The molecule has 21 heavy (non-hydrogen) atoms. The largest absolute Gasteiger partial charge is 0.493 e. The highest BCUT2D eigenvalue weighted by molar-refractivity contribution is 5.38. The second-order valence-corrected chi connectivity index (χ2v) is 5.62. The molecule has 0 bridgehead atoms. The number of fused-ring (bicyclic) bond motifs is 1. The summed E-state index contributed by atoms with van der Waals surface area (Å²) in [5.41, 5.74) is 2.76. The molecule has 0 saturated heterocycles. The van der Waals surface area contributed by atoms with Gasteiger partial charge in [0.15, 0.2) is 0 Å². The van der Waals surface area contributed by atoms with Crippen LogP contribution in [0.4, 0.5) is 4.39 Å². The predicted octanol–water partition coefficient (Wildman–Crippen LogP) is 4.12. The van der Waals surface area contributed by atoms with Crippen molar-refractivity contribution in [3.05, 3.63) is 65.0 Å². The van der Waals surface area contributed by atoms with Crippen LogP contribution in [0.25, 0.3) is 0 Å². The maximum absolute atomic E-state index is 13.2. The van der Waals surface area contributed by atoms with Crippen LogP contribution in [0.1, 0.15) is 41.6 Å². The maximum atomic E-state index is 13.2. The predicted molar refractivity (Wildman–Crippen MR) is 80.0 cm³/mol. The van der Waals surface area contributed by atoms with Crippen molar-refractivity contribution in [1.29, 1.82) is 0 Å². The summed E-state index contributed by atoms with van der Waals surface area (Å²) in [5, 5.41) is 10.5. The van der Waals surface area contributed by atoms with Gasteiger partial charge in [0, 0.05) is 0 Å². The van der Waals surface area contributed by atoms with E-state index in [0.29, 0.717) is 13.0 Å². The Morgan fingerprint density at radius 1 is 1.29 bits per heavy atom. The van der Waals surface area contributed by atoms with E-state index < -0.39 is 6.10 Å². The molecule has 3 heteroatoms. The second kappa shape index (κ2) is 5.86. The van der Waals surface area contributed by atoms with Crippen LogP contribution in [0.5, 0.6) is 5.75 Å². The summed E-state index contributed by atoms with van der Waals surface area (Å²) in [5.74, 6) is 0.922. The average Bonchev–Trinajstić information content (AvgIpc) is 2.47. The number of aryl methyl sites for hydroxylation is 1. The summed E-state index contributed by atoms with van der Waals surface area (Å²) in [4.78, 5) is 0. The number of hydrogen-bond acceptors (Lipinski definition) is 2. The molecule has 1 N–H and O–H groups in total. The van der Waals surface area contributed by atoms with Crippen molar-refractivity contribution < 1.29 is 14.2 Å². The van der Waals surface area contributed by atoms with Crippen molar-refractivity contribution in [2.24, 2.45) is 0 Å². The zero-order chi connectivity index (χ0) is 14.8. The number of benzene rings is 2. The number of halogens is 1. The number of para-hydroxylation sites is 1. The van der Waals surface area contributed by atoms with Gasteiger partial charge in [-0.3, -0.25) is 0 Å². The van der Waals surface area contributed by atoms with E-state index in [9.17, 15) is 9.50 Å². The lowest BCUT2D eigenvalue weighted by Crippen LogP contribution is -2.16. The first-order valence-corrected chi connectivity index (χ1v) is 7.31. The summed E-state index contributed by atoms with van der Waals surface area (Å²) < 4.78 is 18.8. The van der Waals surface area contributed by atoms with Gasteiger partial charge >= 0.3 is 0 Å². The molecule has 0 radical (unpaired) electrons. The summed E-state index contributed by atoms with van der Waals surface area (Å²) in [6, 6.07) is 12.5. The number of ether oxygens (including phenoxy) is 1. The van der Waals surface area contributed by atoms with Gasteiger partial charge in [-0.25, -0.2) is 4.39 Å². The van der Waals surface area contributed by atoms with Crippen molar-refractivity contribution in [2.45, 2.75) is 31.8 Å². The molecule has 3 rings (SSSR count). The minimum absolute atomic E-state index is 0.264. The molecule has 0 spiro atoms. The van der Waals surface area contributed by atoms with E-state index in [0.717, 1.165) is 28.9 Å². The first-order valence-electron chi connectivity index (χ1n) is 7.31. The highest BCUT2D eigenvalue weighted by Crippen LogP contribution is 2.39. The van der Waals surface area contributed by atoms with Crippen LogP contribution in [0, 0.1) is 12.7 Å². The molecule has 0 aliphatic carbocycles. The minimum Gasteiger partial charge on any atom is -0.493 e. The monoisotopic (exact) mass is 286 g/mol. The molecule has 0 aromatic heterocycles. The molecule has 1 heterocycles. The van der Waals surface area contributed by atoms with Gasteiger partial charge in [-0.1, -0.05) is 24.3 Å². The van der Waals surface area contributed by atoms with Gasteiger partial charge in [-0.15, -0.1) is 0 Å². The fourth-order valence-corrected chi connectivity index (χ4v) is 3.07. The molecule has 2 atom stereocenters. The first kappa shape index (κ1) is 14.1. The molecular weight excluding hydrogens is 267 g/mol. The fourth-order valence-electron chi connectivity index (χ4n) is 3.07. The molecule has 110 valence electrons. The van der Waals surface area contributed by atoms with Crippen LogP contribution in [0.3, 0.4) is 0 Å². The Labute approximate surface area is 124 Å². The van der Waals surface area contributed by atoms with Gasteiger partial charge in [0.1, 0.15) is 11.6 Å². The number of aliphatic hydroxyl groups is 1. The lowest BCUT2D eigenvalue weighted by molar-refractivity contribution is 0.144. The molecular formula is C18H19FO2. The van der Waals surface area contributed by atoms with Crippen LogP contribution in [-0.2, 0) is 0 Å². The van der Waals surface area contributed by atoms with E-state index in [1.165, 1.54) is 12.1 Å². The van der Waals surface area contributed by atoms with Crippen molar-refractivity contribution in [3.63, 3.8) is 0 Å². The summed E-state index contributed by atoms with van der Waals surface area (Å²) in [6.45, 7) is 2.51. The third-order valence-electron chi connectivity index (χ3n) is 4.18. The van der Waals surface area contributed by atoms with Crippen LogP contribution >= 0.6 is 0 Å². The lowest BCUT2D eigenvalue weighted by atomic mass is 9.86. The van der Waals surface area contributed by atoms with Crippen molar-refractivity contribution in [3.8, 4) is 5.75 Å². The Kier molecular flexibility index (Phi) is 3.93. The second-order valence-electron chi connectivity index (χ2n) is 5.62. The van der Waals surface area contributed by atoms with Gasteiger partial charge in [-0.2, -0.15) is 0 Å². The topological polar surface area (TPSA) is 29.5 Å². The van der Waals surface area contributed by atoms with Crippen LogP contribution < -0.4 is 4.74 Å².